The van der Waals surface area contributed by atoms with Crippen molar-refractivity contribution in [1.82, 2.24) is 10.2 Å². The molecule has 0 spiro atoms. The average Bonchev–Trinajstić information content (AvgIpc) is 2.85. The maximum atomic E-state index is 13.2. The Morgan fingerprint density at radius 1 is 0.848 bits per heavy atom. The van der Waals surface area contributed by atoms with Crippen LogP contribution in [-0.2, 0) is 14.6 Å². The summed E-state index contributed by atoms with van der Waals surface area (Å²) in [6.07, 6.45) is 1.56. The van der Waals surface area contributed by atoms with E-state index in [0.29, 0.717) is 48.4 Å². The first-order valence-electron chi connectivity index (χ1n) is 11.3. The van der Waals surface area contributed by atoms with Crippen molar-refractivity contribution >= 4 is 32.4 Å². The Balaban J connectivity index is 1.24. The van der Waals surface area contributed by atoms with Crippen LogP contribution in [0.25, 0.3) is 10.8 Å². The molecule has 3 aromatic carbocycles. The van der Waals surface area contributed by atoms with Crippen molar-refractivity contribution in [2.75, 3.05) is 18.8 Å². The Kier molecular flexibility index (Phi) is 5.66. The number of likely N-dealkylation sites (tertiary alicyclic amines) is 1. The molecule has 6 nitrogen and oxygen atoms in total. The Labute approximate surface area is 193 Å². The molecule has 1 fully saturated rings. The van der Waals surface area contributed by atoms with Crippen LogP contribution in [0.2, 0.25) is 0 Å². The van der Waals surface area contributed by atoms with E-state index in [2.05, 4.69) is 5.32 Å². The van der Waals surface area contributed by atoms with Gasteiger partial charge in [0.15, 0.2) is 9.84 Å². The van der Waals surface area contributed by atoms with Gasteiger partial charge < -0.3 is 10.2 Å². The van der Waals surface area contributed by atoms with Crippen molar-refractivity contribution in [1.29, 1.82) is 0 Å². The number of nitrogens with one attached hydrogen (secondary N) is 1. The quantitative estimate of drug-likeness (QED) is 0.643. The van der Waals surface area contributed by atoms with E-state index in [1.54, 1.807) is 24.3 Å². The number of hydrogen-bond acceptors (Lipinski definition) is 4. The van der Waals surface area contributed by atoms with E-state index in [0.717, 1.165) is 10.8 Å². The van der Waals surface area contributed by atoms with Crippen LogP contribution in [0.5, 0.6) is 0 Å². The second-order valence-corrected chi connectivity index (χ2v) is 10.9. The Morgan fingerprint density at radius 3 is 2.36 bits per heavy atom. The van der Waals surface area contributed by atoms with Crippen molar-refractivity contribution in [2.45, 2.75) is 30.2 Å². The van der Waals surface area contributed by atoms with Gasteiger partial charge in [-0.1, -0.05) is 54.6 Å². The van der Waals surface area contributed by atoms with E-state index in [4.69, 9.17) is 0 Å². The molecule has 170 valence electrons. The van der Waals surface area contributed by atoms with Gasteiger partial charge in [-0.05, 0) is 47.7 Å². The summed E-state index contributed by atoms with van der Waals surface area (Å²) < 4.78 is 24.7. The van der Waals surface area contributed by atoms with E-state index in [-0.39, 0.29) is 29.5 Å². The smallest absolute Gasteiger partial charge is 0.254 e. The van der Waals surface area contributed by atoms with Crippen LogP contribution < -0.4 is 5.32 Å². The summed E-state index contributed by atoms with van der Waals surface area (Å²) in [7, 11) is -3.29. The van der Waals surface area contributed by atoms with E-state index < -0.39 is 9.84 Å². The summed E-state index contributed by atoms with van der Waals surface area (Å²) in [6, 6.07) is 20.2. The Morgan fingerprint density at radius 2 is 1.55 bits per heavy atom. The average molecular weight is 463 g/mol. The minimum absolute atomic E-state index is 0.00271. The molecule has 2 heterocycles. The van der Waals surface area contributed by atoms with Crippen molar-refractivity contribution in [3.8, 4) is 0 Å². The van der Waals surface area contributed by atoms with Crippen molar-refractivity contribution < 1.29 is 18.0 Å². The first-order chi connectivity index (χ1) is 15.9. The molecule has 0 aromatic heterocycles. The first kappa shape index (κ1) is 21.6. The van der Waals surface area contributed by atoms with Gasteiger partial charge in [0.25, 0.3) is 5.91 Å². The zero-order valence-electron chi connectivity index (χ0n) is 18.2. The number of amides is 2. The molecular weight excluding hydrogens is 436 g/mol. The highest BCUT2D eigenvalue weighted by atomic mass is 32.2. The number of sulfone groups is 1. The van der Waals surface area contributed by atoms with E-state index in [1.807, 2.05) is 47.4 Å². The molecule has 1 N–H and O–H groups in total. The van der Waals surface area contributed by atoms with Gasteiger partial charge in [0.2, 0.25) is 5.91 Å². The molecule has 1 atom stereocenters. The predicted octanol–water partition coefficient (Wildman–Crippen LogP) is 3.73. The summed E-state index contributed by atoms with van der Waals surface area (Å²) in [5.74, 6) is -0.219. The lowest BCUT2D eigenvalue weighted by molar-refractivity contribution is -0.127. The summed E-state index contributed by atoms with van der Waals surface area (Å²) in [5.41, 5.74) is 1.36. The lowest BCUT2D eigenvalue weighted by Crippen LogP contribution is -2.44. The molecule has 0 radical (unpaired) electrons. The van der Waals surface area contributed by atoms with Gasteiger partial charge in [-0.15, -0.1) is 0 Å². The molecule has 3 aromatic rings. The SMILES string of the molecule is O=C(NC1CCS(=O)(=O)c2ccccc21)C1CCN(C(=O)c2cccc3ccccc23)CC1. The molecule has 1 saturated heterocycles. The van der Waals surface area contributed by atoms with Gasteiger partial charge in [0.05, 0.1) is 16.7 Å². The molecule has 2 aliphatic heterocycles. The number of carbonyl (C=O) groups is 2. The number of carbonyl (C=O) groups excluding carboxylic acids is 2. The standard InChI is InChI=1S/C26H26N2O4S/c29-25(27-23-14-17-33(31,32)24-11-4-3-9-22(23)24)19-12-15-28(16-13-19)26(30)21-10-5-7-18-6-1-2-8-20(18)21/h1-11,19,23H,12-17H2,(H,27,29). The summed E-state index contributed by atoms with van der Waals surface area (Å²) in [6.45, 7) is 1.05. The van der Waals surface area contributed by atoms with Crippen molar-refractivity contribution in [3.05, 3.63) is 77.9 Å². The topological polar surface area (TPSA) is 83.6 Å². The fourth-order valence-electron chi connectivity index (χ4n) is 4.96. The van der Waals surface area contributed by atoms with Crippen LogP contribution in [-0.4, -0.2) is 44.0 Å². The molecule has 2 aliphatic rings. The predicted molar refractivity (Wildman–Crippen MR) is 127 cm³/mol. The zero-order chi connectivity index (χ0) is 23.0. The lowest BCUT2D eigenvalue weighted by atomic mass is 9.93. The van der Waals surface area contributed by atoms with E-state index in [1.165, 1.54) is 0 Å². The Hall–Kier alpha value is -3.19. The van der Waals surface area contributed by atoms with Crippen LogP contribution in [0.1, 0.15) is 41.2 Å². The number of piperidine rings is 1. The normalized spacial score (nSPS) is 20.2. The van der Waals surface area contributed by atoms with Crippen molar-refractivity contribution in [2.24, 2.45) is 5.92 Å². The van der Waals surface area contributed by atoms with Gasteiger partial charge >= 0.3 is 0 Å². The number of hydrogen-bond donors (Lipinski definition) is 1. The van der Waals surface area contributed by atoms with Gasteiger partial charge in [-0.25, -0.2) is 8.42 Å². The molecule has 2 amide bonds. The second-order valence-electron chi connectivity index (χ2n) is 8.80. The first-order valence-corrected chi connectivity index (χ1v) is 13.0. The molecule has 0 aliphatic carbocycles. The van der Waals surface area contributed by atoms with Crippen LogP contribution >= 0.6 is 0 Å². The van der Waals surface area contributed by atoms with Gasteiger partial charge in [-0.3, -0.25) is 9.59 Å². The highest BCUT2D eigenvalue weighted by Crippen LogP contribution is 2.32. The number of nitrogens with zero attached hydrogens (tertiary/aromatic N) is 1. The third kappa shape index (κ3) is 4.13. The van der Waals surface area contributed by atoms with Crippen LogP contribution in [0, 0.1) is 5.92 Å². The van der Waals surface area contributed by atoms with Crippen LogP contribution in [0.3, 0.4) is 0 Å². The second kappa shape index (κ2) is 8.63. The third-order valence-corrected chi connectivity index (χ3v) is 8.61. The largest absolute Gasteiger partial charge is 0.349 e. The molecular formula is C26H26N2O4S. The van der Waals surface area contributed by atoms with E-state index >= 15 is 0 Å². The zero-order valence-corrected chi connectivity index (χ0v) is 19.1. The number of benzene rings is 3. The summed E-state index contributed by atoms with van der Waals surface area (Å²) in [4.78, 5) is 28.3. The maximum absolute atomic E-state index is 13.2. The molecule has 1 unspecified atom stereocenters. The number of fused-ring (bicyclic) bond motifs is 2. The summed E-state index contributed by atoms with van der Waals surface area (Å²) in [5, 5.41) is 5.05. The van der Waals surface area contributed by atoms with Gasteiger partial charge in [0, 0.05) is 24.6 Å². The minimum atomic E-state index is -3.29. The van der Waals surface area contributed by atoms with Gasteiger partial charge in [0.1, 0.15) is 0 Å². The van der Waals surface area contributed by atoms with Crippen LogP contribution in [0.15, 0.2) is 71.6 Å². The number of rotatable bonds is 3. The third-order valence-electron chi connectivity index (χ3n) is 6.79. The highest BCUT2D eigenvalue weighted by Gasteiger charge is 2.34. The fourth-order valence-corrected chi connectivity index (χ4v) is 6.58. The molecule has 5 rings (SSSR count). The lowest BCUT2D eigenvalue weighted by Gasteiger charge is -2.33. The maximum Gasteiger partial charge on any atom is 0.254 e. The van der Waals surface area contributed by atoms with Gasteiger partial charge in [-0.2, -0.15) is 0 Å². The monoisotopic (exact) mass is 462 g/mol. The molecule has 33 heavy (non-hydrogen) atoms. The highest BCUT2D eigenvalue weighted by molar-refractivity contribution is 7.91. The fraction of sp³-hybridized carbons (Fsp3) is 0.308. The molecule has 7 heteroatoms. The van der Waals surface area contributed by atoms with E-state index in [9.17, 15) is 18.0 Å². The van der Waals surface area contributed by atoms with Crippen LogP contribution in [0.4, 0.5) is 0 Å². The summed E-state index contributed by atoms with van der Waals surface area (Å²) >= 11 is 0. The van der Waals surface area contributed by atoms with Crippen molar-refractivity contribution in [3.63, 3.8) is 0 Å². The Bertz CT molecular complexity index is 1320. The molecule has 0 saturated carbocycles. The minimum Gasteiger partial charge on any atom is -0.349 e. The molecule has 0 bridgehead atoms.